The standard InChI is InChI=1S/C26H30F2N4O6.C26H31FN4O6.C24H26F2N4O6/c27-21-22(28)26(36)20-19(25(21)35)23(33)17-15(29-7-13-31(37)9-1-2-10-31)5-6-16(18(17)24(20)34)30-8-14-32(38)11-3-4-12-32;27-16-15-19(32)22-23(24(16)33)26(35)21-18(29-8-14-31(37)11-3-4-12-31)6-5-17(20(21)25(22)34)28-7-13-30(36)9-1-2-10-30;25-19-20(26)24(34)18-17(23(19)33)21(31)15-13(27-5-11-29(35)7-1-8-29)3-4-14(16(15)22(18)32)28-6-12-30(36)9-2-10-30/h5-6,37-38H,1-4,7-14H2,(H2-2,29,30,33,34,35,36);5-6,15,36-37H,1-4,7-14H2,(H2-2,28,29,32,33,34,35);3-4,35-36H,1-2,5-12H2,(H2-2,27,28,31,32,33,34)/p+6. The molecule has 6 heterocycles. The lowest BCUT2D eigenvalue weighted by molar-refractivity contribution is -1.13. The fourth-order valence-corrected chi connectivity index (χ4v) is 16.6. The Labute approximate surface area is 632 Å². The number of likely N-dealkylation sites (tertiary alicyclic amines) is 6. The predicted molar refractivity (Wildman–Crippen MR) is 386 cm³/mol. The second-order valence-electron chi connectivity index (χ2n) is 30.5. The van der Waals surface area contributed by atoms with Gasteiger partial charge < -0.3 is 62.5 Å². The molecule has 0 radical (unpaired) electrons. The van der Waals surface area contributed by atoms with Crippen LogP contribution in [0.5, 0.6) is 34.5 Å². The van der Waals surface area contributed by atoms with E-state index in [2.05, 4.69) is 31.9 Å². The SMILES string of the molecule is O=C1c2c(NCC[N+]3(O)CCC3)ccc(NCC[N+]3(O)CCC3)c2C(=O)c2c(O)c(F)c(F)c(O)c21.O=C1c2c(NCC[N+]3(O)CCCC3)ccc(NCC[N+]3(O)CCCC3)c2C(=O)c2c(O)c(F)c(F)c(O)c21.O=C1c2c(O)cc(F)c(O)c2C(=O)c2c(NCC[N+]3(O)CCCC3)ccc(NCC[N+]3(O)CCCC3)c21. The minimum absolute atomic E-state index is 0.00351. The molecule has 0 spiro atoms. The number of phenols is 6. The number of aromatic hydroxyl groups is 6. The molecule has 6 aliphatic heterocycles. The highest BCUT2D eigenvalue weighted by atomic mass is 19.2. The van der Waals surface area contributed by atoms with Crippen LogP contribution in [0.2, 0.25) is 0 Å². The van der Waals surface area contributed by atoms with Crippen LogP contribution in [0.4, 0.5) is 56.1 Å². The highest BCUT2D eigenvalue weighted by Crippen LogP contribution is 2.49. The summed E-state index contributed by atoms with van der Waals surface area (Å²) in [6, 6.07) is 10.1. The average Bonchev–Trinajstić information content (AvgIpc) is 1.02. The summed E-state index contributed by atoms with van der Waals surface area (Å²) < 4.78 is 70.6. The molecule has 18 N–H and O–H groups in total. The van der Waals surface area contributed by atoms with Gasteiger partial charge in [0, 0.05) is 91.6 Å². The van der Waals surface area contributed by atoms with E-state index in [0.717, 1.165) is 64.2 Å². The van der Waals surface area contributed by atoms with Crippen LogP contribution < -0.4 is 31.9 Å². The molecule has 3 aliphatic carbocycles. The molecule has 6 aromatic rings. The molecule has 6 aromatic carbocycles. The summed E-state index contributed by atoms with van der Waals surface area (Å²) in [7, 11) is 0. The molecular formula is C76H93F5N12O18+6. The summed E-state index contributed by atoms with van der Waals surface area (Å²) in [5.74, 6) is -20.9. The summed E-state index contributed by atoms with van der Waals surface area (Å²) in [6.45, 7) is 11.3. The lowest BCUT2D eigenvalue weighted by Gasteiger charge is -2.37. The van der Waals surface area contributed by atoms with Crippen LogP contribution in [0.15, 0.2) is 42.5 Å². The Bertz CT molecular complexity index is 4570. The van der Waals surface area contributed by atoms with Gasteiger partial charge in [0.15, 0.2) is 34.6 Å². The number of hydrogen-bond donors (Lipinski definition) is 18. The fourth-order valence-electron chi connectivity index (χ4n) is 16.6. The van der Waals surface area contributed by atoms with Crippen molar-refractivity contribution in [1.29, 1.82) is 0 Å². The number of hydroxylamine groups is 18. The van der Waals surface area contributed by atoms with Gasteiger partial charge in [-0.2, -0.15) is 45.4 Å². The number of anilines is 6. The maximum absolute atomic E-state index is 14.3. The number of nitrogens with one attached hydrogen (secondary N) is 6. The molecule has 30 nitrogen and oxygen atoms in total. The van der Waals surface area contributed by atoms with Crippen molar-refractivity contribution in [1.82, 2.24) is 0 Å². The molecule has 0 atom stereocenters. The average molecular weight is 1560 g/mol. The van der Waals surface area contributed by atoms with E-state index in [1.54, 1.807) is 36.4 Å². The zero-order valence-corrected chi connectivity index (χ0v) is 61.0. The first-order valence-electron chi connectivity index (χ1n) is 37.6. The van der Waals surface area contributed by atoms with Crippen LogP contribution in [0.25, 0.3) is 0 Å². The van der Waals surface area contributed by atoms with Gasteiger partial charge in [0.05, 0.1) is 119 Å². The van der Waals surface area contributed by atoms with E-state index in [-0.39, 0.29) is 110 Å². The maximum atomic E-state index is 14.3. The van der Waals surface area contributed by atoms with Crippen molar-refractivity contribution >= 4 is 68.8 Å². The van der Waals surface area contributed by atoms with Gasteiger partial charge in [-0.3, -0.25) is 28.8 Å². The molecule has 0 amide bonds. The first kappa shape index (κ1) is 79.2. The molecule has 111 heavy (non-hydrogen) atoms. The van der Waals surface area contributed by atoms with E-state index in [9.17, 15) is 113 Å². The van der Waals surface area contributed by atoms with Crippen LogP contribution in [-0.2, 0) is 0 Å². The zero-order valence-electron chi connectivity index (χ0n) is 61.0. The molecule has 35 heteroatoms. The van der Waals surface area contributed by atoms with Gasteiger partial charge in [0.2, 0.25) is 58.0 Å². The number of rotatable bonds is 24. The van der Waals surface area contributed by atoms with E-state index >= 15 is 0 Å². The monoisotopic (exact) mass is 1560 g/mol. The van der Waals surface area contributed by atoms with Crippen molar-refractivity contribution in [3.8, 4) is 34.5 Å². The molecule has 594 valence electrons. The van der Waals surface area contributed by atoms with Gasteiger partial charge in [0.1, 0.15) is 124 Å². The minimum atomic E-state index is -1.82. The topological polar surface area (TPSA) is 417 Å². The second kappa shape index (κ2) is 31.0. The van der Waals surface area contributed by atoms with Crippen molar-refractivity contribution in [3.63, 3.8) is 0 Å². The number of fused-ring (bicyclic) bond motifs is 6. The predicted octanol–water partition coefficient (Wildman–Crippen LogP) is 8.01. The molecular weight excluding hydrogens is 1460 g/mol. The van der Waals surface area contributed by atoms with Crippen LogP contribution in [0.1, 0.15) is 160 Å². The summed E-state index contributed by atoms with van der Waals surface area (Å²) in [5, 5.41) is 143. The minimum Gasteiger partial charge on any atom is -0.507 e. The lowest BCUT2D eigenvalue weighted by atomic mass is 9.81. The Kier molecular flexibility index (Phi) is 22.1. The third-order valence-electron chi connectivity index (χ3n) is 23.2. The number of phenolic OH excluding ortho intramolecular Hbond substituents is 6. The fraction of sp³-hybridized carbons (Fsp3) is 0.447. The third-order valence-corrected chi connectivity index (χ3v) is 23.2. The smallest absolute Gasteiger partial charge is 0.205 e. The van der Waals surface area contributed by atoms with Crippen molar-refractivity contribution in [2.24, 2.45) is 0 Å². The molecule has 6 fully saturated rings. The molecule has 6 saturated heterocycles. The highest BCUT2D eigenvalue weighted by Gasteiger charge is 2.46. The number of hydrogen-bond acceptors (Lipinski definition) is 24. The largest absolute Gasteiger partial charge is 0.507 e. The zero-order chi connectivity index (χ0) is 79.4. The Morgan fingerprint density at radius 2 is 0.423 bits per heavy atom. The first-order valence-corrected chi connectivity index (χ1v) is 37.6. The summed E-state index contributed by atoms with van der Waals surface area (Å²) in [6.07, 6.45) is 9.11. The quantitative estimate of drug-likeness (QED) is 0.0155. The Morgan fingerprint density at radius 1 is 0.252 bits per heavy atom. The van der Waals surface area contributed by atoms with Crippen LogP contribution >= 0.6 is 0 Å². The summed E-state index contributed by atoms with van der Waals surface area (Å²) in [5.41, 5.74) is -3.42. The molecule has 0 aromatic heterocycles. The van der Waals surface area contributed by atoms with Gasteiger partial charge in [-0.05, 0) is 36.4 Å². The number of ketones is 6. The van der Waals surface area contributed by atoms with Crippen LogP contribution in [-0.4, -0.2) is 282 Å². The maximum Gasteiger partial charge on any atom is 0.205 e. The Balaban J connectivity index is 0.000000146. The summed E-state index contributed by atoms with van der Waals surface area (Å²) >= 11 is 0. The van der Waals surface area contributed by atoms with Crippen LogP contribution in [0, 0.1) is 29.1 Å². The van der Waals surface area contributed by atoms with Crippen molar-refractivity contribution in [2.75, 3.05) is 189 Å². The normalized spacial score (nSPS) is 19.3. The molecule has 0 bridgehead atoms. The van der Waals surface area contributed by atoms with Gasteiger partial charge in [0.25, 0.3) is 0 Å². The first-order chi connectivity index (χ1) is 52.7. The van der Waals surface area contributed by atoms with Gasteiger partial charge in [-0.1, -0.05) is 0 Å². The molecule has 15 rings (SSSR count). The van der Waals surface area contributed by atoms with Gasteiger partial charge >= 0.3 is 0 Å². The number of benzene rings is 6. The number of quaternary nitrogens is 6. The van der Waals surface area contributed by atoms with E-state index in [0.29, 0.717) is 148 Å². The van der Waals surface area contributed by atoms with E-state index in [1.807, 2.05) is 0 Å². The van der Waals surface area contributed by atoms with E-state index < -0.39 is 132 Å². The van der Waals surface area contributed by atoms with Gasteiger partial charge in [-0.15, -0.1) is 0 Å². The third kappa shape index (κ3) is 15.3. The Morgan fingerprint density at radius 3 is 0.604 bits per heavy atom. The number of nitrogens with zero attached hydrogens (tertiary/aromatic N) is 6. The second-order valence-corrected chi connectivity index (χ2v) is 30.5. The number of carbonyl (C=O) groups is 6. The van der Waals surface area contributed by atoms with Crippen molar-refractivity contribution in [2.45, 2.75) is 64.2 Å². The lowest BCUT2D eigenvalue weighted by Crippen LogP contribution is -2.57. The van der Waals surface area contributed by atoms with E-state index in [1.165, 1.54) is 0 Å². The molecule has 0 unspecified atom stereocenters. The van der Waals surface area contributed by atoms with E-state index in [4.69, 9.17) is 0 Å². The highest BCUT2D eigenvalue weighted by molar-refractivity contribution is 6.36. The van der Waals surface area contributed by atoms with Crippen LogP contribution in [0.3, 0.4) is 0 Å². The molecule has 0 saturated carbocycles. The summed E-state index contributed by atoms with van der Waals surface area (Å²) in [4.78, 5) is 81.4. The van der Waals surface area contributed by atoms with Crippen molar-refractivity contribution in [3.05, 3.63) is 138 Å². The molecule has 9 aliphatic rings. The van der Waals surface area contributed by atoms with Gasteiger partial charge in [-0.25, -0.2) is 35.6 Å². The number of halogens is 5. The van der Waals surface area contributed by atoms with Crippen molar-refractivity contribution < 1.29 is 140 Å². The number of carbonyl (C=O) groups excluding carboxylic acids is 6. The Hall–Kier alpha value is -9.89.